The lowest BCUT2D eigenvalue weighted by Crippen LogP contribution is -2.38. The Bertz CT molecular complexity index is 2210. The molecule has 0 saturated carbocycles. The fourth-order valence-electron chi connectivity index (χ4n) is 6.06. The maximum absolute atomic E-state index is 12.2. The van der Waals surface area contributed by atoms with Crippen molar-refractivity contribution in [2.45, 2.75) is 58.9 Å². The first-order valence-electron chi connectivity index (χ1n) is 19.7. The number of nitrogens with one attached hydrogen (secondary N) is 4. The number of H-pyrrole nitrogens is 2. The molecule has 0 unspecified atom stereocenters. The quantitative estimate of drug-likeness (QED) is 0.0973. The summed E-state index contributed by atoms with van der Waals surface area (Å²) in [7, 11) is 3.15. The van der Waals surface area contributed by atoms with Crippen LogP contribution in [0.15, 0.2) is 79.5 Å². The maximum Gasteiger partial charge on any atom is 0.292 e. The molecule has 3 amide bonds. The van der Waals surface area contributed by atoms with Crippen molar-refractivity contribution in [2.75, 3.05) is 46.9 Å². The minimum atomic E-state index is -0.195. The molecule has 59 heavy (non-hydrogen) atoms. The third-order valence-corrected chi connectivity index (χ3v) is 11.1. The molecule has 2 aliphatic rings. The van der Waals surface area contributed by atoms with Gasteiger partial charge in [0.1, 0.15) is 11.7 Å². The van der Waals surface area contributed by atoms with Crippen LogP contribution in [-0.2, 0) is 23.9 Å². The van der Waals surface area contributed by atoms with Gasteiger partial charge in [-0.05, 0) is 80.0 Å². The molecular formula is C44H54N8O5S2. The number of ether oxygens (including phenoxy) is 1. The normalized spacial score (nSPS) is 13.2. The van der Waals surface area contributed by atoms with E-state index in [0.717, 1.165) is 79.0 Å². The van der Waals surface area contributed by atoms with Crippen LogP contribution in [0.3, 0.4) is 0 Å². The predicted molar refractivity (Wildman–Crippen MR) is 237 cm³/mol. The molecule has 4 aromatic heterocycles. The van der Waals surface area contributed by atoms with E-state index in [1.54, 1.807) is 46.4 Å². The van der Waals surface area contributed by atoms with Gasteiger partial charge in [-0.3, -0.25) is 19.2 Å². The first kappa shape index (κ1) is 45.9. The van der Waals surface area contributed by atoms with Gasteiger partial charge in [-0.2, -0.15) is 0 Å². The molecule has 2 fully saturated rings. The van der Waals surface area contributed by atoms with Crippen LogP contribution in [0.4, 0.5) is 0 Å². The number of carbonyl (C=O) groups is 4. The number of nitrogens with zero attached hydrogens (tertiary/aromatic N) is 4. The number of benzene rings is 2. The molecule has 15 heteroatoms. The molecule has 8 rings (SSSR count). The molecule has 0 radical (unpaired) electrons. The largest absolute Gasteiger partial charge is 0.471 e. The van der Waals surface area contributed by atoms with Crippen molar-refractivity contribution >= 4 is 67.3 Å². The Hall–Kier alpha value is -5.82. The van der Waals surface area contributed by atoms with Crippen molar-refractivity contribution in [1.82, 2.24) is 40.4 Å². The van der Waals surface area contributed by atoms with Gasteiger partial charge in [-0.15, -0.1) is 22.7 Å². The Balaban J connectivity index is 0.000000191. The molecule has 312 valence electrons. The number of likely N-dealkylation sites (N-methyl/N-ethyl adjacent to an activating group) is 1. The summed E-state index contributed by atoms with van der Waals surface area (Å²) in [6.45, 7) is 9.69. The molecule has 13 nitrogen and oxygen atoms in total. The van der Waals surface area contributed by atoms with E-state index < -0.39 is 0 Å². The summed E-state index contributed by atoms with van der Waals surface area (Å²) in [6.07, 6.45) is 10.8. The van der Waals surface area contributed by atoms with Gasteiger partial charge in [0.05, 0.1) is 48.4 Å². The van der Waals surface area contributed by atoms with E-state index in [1.807, 2.05) is 42.3 Å². The summed E-state index contributed by atoms with van der Waals surface area (Å²) in [5, 5.41) is 5.60. The second kappa shape index (κ2) is 24.8. The number of thiophene rings is 2. The number of hydrogen-bond acceptors (Lipinski definition) is 10. The molecule has 0 aliphatic carbocycles. The summed E-state index contributed by atoms with van der Waals surface area (Å²) in [6, 6.07) is 20.4. The molecule has 6 aromatic rings. The van der Waals surface area contributed by atoms with Gasteiger partial charge in [0.15, 0.2) is 0 Å². The number of hydrogen-bond donors (Lipinski definition) is 4. The summed E-state index contributed by atoms with van der Waals surface area (Å²) >= 11 is 3.52. The molecule has 6 heterocycles. The van der Waals surface area contributed by atoms with Crippen LogP contribution < -0.4 is 10.6 Å². The van der Waals surface area contributed by atoms with E-state index in [4.69, 9.17) is 4.79 Å². The molecule has 4 N–H and O–H groups in total. The standard InChI is InChI=1S/C18H10N4S2.C13H18N2O.C8H14N2O2.C3H8.C2H4O2/c1-4-14-15(22-10-21-14)5-11(1)16-7-18-17(24-16)6-13(23-18)3-2-12-8-19-9-20-12;1-14-12(11-7-3-2-4-8-11)13(16)15-9-5-6-10-15;1-7(11)9-6-8(12)10-4-2-3-5-10;1-3-2;1-4-2-3/h1,4-10H,(H,19,20)(H,21,22);2-4,7-8,12,14H,5-6,9-10H2,1H3;2-6H2,1H3,(H,9,11);3H2,1-2H3;2H,1H3/t;12-;;;/m.1.../s1. The number of rotatable bonds is 7. The summed E-state index contributed by atoms with van der Waals surface area (Å²) in [5.41, 5.74) is 5.15. The Labute approximate surface area is 354 Å². The van der Waals surface area contributed by atoms with E-state index in [-0.39, 0.29) is 30.3 Å². The third kappa shape index (κ3) is 14.5. The topological polar surface area (TPSA) is 165 Å². The first-order valence-corrected chi connectivity index (χ1v) is 21.3. The summed E-state index contributed by atoms with van der Waals surface area (Å²) in [5.74, 6) is 6.36. The van der Waals surface area contributed by atoms with Gasteiger partial charge >= 0.3 is 0 Å². The zero-order valence-corrected chi connectivity index (χ0v) is 36.0. The Kier molecular flexibility index (Phi) is 19.3. The lowest BCUT2D eigenvalue weighted by molar-refractivity contribution is -0.132. The van der Waals surface area contributed by atoms with Crippen LogP contribution in [0.25, 0.3) is 30.9 Å². The lowest BCUT2D eigenvalue weighted by atomic mass is 10.1. The van der Waals surface area contributed by atoms with Crippen molar-refractivity contribution in [3.05, 3.63) is 95.6 Å². The molecular weight excluding hydrogens is 785 g/mol. The van der Waals surface area contributed by atoms with Gasteiger partial charge in [-0.1, -0.05) is 56.7 Å². The number of aromatic amines is 2. The fourth-order valence-corrected chi connectivity index (χ4v) is 8.30. The molecule has 2 aromatic carbocycles. The average molecular weight is 839 g/mol. The van der Waals surface area contributed by atoms with Crippen LogP contribution in [0.1, 0.15) is 75.1 Å². The monoisotopic (exact) mass is 838 g/mol. The second-order valence-electron chi connectivity index (χ2n) is 13.5. The molecule has 0 spiro atoms. The predicted octanol–water partition coefficient (Wildman–Crippen LogP) is 7.15. The minimum Gasteiger partial charge on any atom is -0.471 e. The summed E-state index contributed by atoms with van der Waals surface area (Å²) in [4.78, 5) is 63.4. The van der Waals surface area contributed by atoms with Gasteiger partial charge in [-0.25, -0.2) is 9.97 Å². The number of fused-ring (bicyclic) bond motifs is 2. The molecule has 2 saturated heterocycles. The highest BCUT2D eigenvalue weighted by Crippen LogP contribution is 2.38. The molecule has 2 aliphatic heterocycles. The Morgan fingerprint density at radius 3 is 2.15 bits per heavy atom. The zero-order valence-electron chi connectivity index (χ0n) is 34.4. The number of imidazole rings is 2. The van der Waals surface area contributed by atoms with Crippen molar-refractivity contribution < 1.29 is 23.9 Å². The van der Waals surface area contributed by atoms with Crippen molar-refractivity contribution in [3.63, 3.8) is 0 Å². The van der Waals surface area contributed by atoms with Gasteiger partial charge in [0, 0.05) is 47.4 Å². The SMILES string of the molecule is C(#Cc1cc2sc(-c3ccc4nc[nH]c4c3)cc2s1)c1cnc[nH]1.CC(=O)NCC(=O)N1CCCC1.CCC.CN[C@@H](C(=O)N1CCCC1)c1ccccc1.COC=O. The van der Waals surface area contributed by atoms with E-state index in [2.05, 4.69) is 91.3 Å². The van der Waals surface area contributed by atoms with E-state index in [1.165, 1.54) is 40.3 Å². The number of methoxy groups -OCH3 is 1. The van der Waals surface area contributed by atoms with Crippen molar-refractivity contribution in [1.29, 1.82) is 0 Å². The van der Waals surface area contributed by atoms with Gasteiger partial charge < -0.3 is 35.1 Å². The van der Waals surface area contributed by atoms with Crippen LogP contribution in [0.5, 0.6) is 0 Å². The number of likely N-dealkylation sites (tertiary alicyclic amines) is 2. The maximum atomic E-state index is 12.2. The Morgan fingerprint density at radius 1 is 0.898 bits per heavy atom. The summed E-state index contributed by atoms with van der Waals surface area (Å²) < 4.78 is 6.40. The van der Waals surface area contributed by atoms with Crippen molar-refractivity contribution in [2.24, 2.45) is 0 Å². The minimum absolute atomic E-state index is 0.0303. The fraction of sp³-hybridized carbons (Fsp3) is 0.364. The average Bonchev–Trinajstić information content (AvgIpc) is 4.11. The van der Waals surface area contributed by atoms with E-state index >= 15 is 0 Å². The number of carbonyl (C=O) groups excluding carboxylic acids is 4. The molecule has 1 atom stereocenters. The van der Waals surface area contributed by atoms with Crippen LogP contribution in [-0.4, -0.2) is 101 Å². The number of amides is 3. The molecule has 0 bridgehead atoms. The van der Waals surface area contributed by atoms with Crippen molar-refractivity contribution in [3.8, 4) is 22.3 Å². The van der Waals surface area contributed by atoms with Crippen LogP contribution in [0.2, 0.25) is 0 Å². The lowest BCUT2D eigenvalue weighted by Gasteiger charge is -2.23. The highest BCUT2D eigenvalue weighted by Gasteiger charge is 2.26. The third-order valence-electron chi connectivity index (χ3n) is 8.86. The smallest absolute Gasteiger partial charge is 0.292 e. The highest BCUT2D eigenvalue weighted by molar-refractivity contribution is 7.29. The van der Waals surface area contributed by atoms with E-state index in [9.17, 15) is 14.4 Å². The second-order valence-corrected chi connectivity index (χ2v) is 15.7. The van der Waals surface area contributed by atoms with Gasteiger partial charge in [0.2, 0.25) is 17.7 Å². The van der Waals surface area contributed by atoms with Gasteiger partial charge in [0.25, 0.3) is 6.47 Å². The number of aromatic nitrogens is 4. The van der Waals surface area contributed by atoms with Crippen LogP contribution >= 0.6 is 22.7 Å². The van der Waals surface area contributed by atoms with Crippen LogP contribution in [0, 0.1) is 11.8 Å². The Morgan fingerprint density at radius 2 is 1.56 bits per heavy atom. The van der Waals surface area contributed by atoms with E-state index in [0.29, 0.717) is 6.47 Å². The highest BCUT2D eigenvalue weighted by atomic mass is 32.1. The first-order chi connectivity index (χ1) is 28.7. The zero-order chi connectivity index (χ0) is 42.4.